The molecule has 0 aliphatic carbocycles. The SMILES string of the molecule is N[C@@H](CCC(=O)N[C@@H](CS)C(=O)NCC(=O)O)C(=O)O.N[C@@H](CCC(=O)N[C@@H](CS)C(=O)NCC(=O)O)C(O)=[Se]. The van der Waals surface area contributed by atoms with Crippen LogP contribution in [0.3, 0.4) is 0 Å². The van der Waals surface area contributed by atoms with Gasteiger partial charge in [0.15, 0.2) is 0 Å². The van der Waals surface area contributed by atoms with E-state index in [0.717, 1.165) is 0 Å². The van der Waals surface area contributed by atoms with E-state index in [1.807, 2.05) is 0 Å². The molecule has 20 heteroatoms. The predicted molar refractivity (Wildman–Crippen MR) is 148 cm³/mol. The van der Waals surface area contributed by atoms with Crippen LogP contribution >= 0.6 is 25.3 Å². The van der Waals surface area contributed by atoms with Crippen LogP contribution in [0.25, 0.3) is 0 Å². The second-order valence-corrected chi connectivity index (χ2v) is 9.40. The molecule has 0 aromatic heterocycles. The van der Waals surface area contributed by atoms with Crippen LogP contribution in [-0.4, -0.2) is 131 Å². The molecule has 0 aromatic rings. The Morgan fingerprint density at radius 1 is 0.675 bits per heavy atom. The van der Waals surface area contributed by atoms with Crippen LogP contribution in [0.15, 0.2) is 0 Å². The van der Waals surface area contributed by atoms with Gasteiger partial charge in [-0.1, -0.05) is 0 Å². The van der Waals surface area contributed by atoms with Crippen LogP contribution in [0.5, 0.6) is 0 Å². The summed E-state index contributed by atoms with van der Waals surface area (Å²) in [7, 11) is 0. The minimum absolute atomic E-state index is 0.0173. The fourth-order valence-electron chi connectivity index (χ4n) is 2.31. The van der Waals surface area contributed by atoms with Gasteiger partial charge in [-0.2, -0.15) is 12.6 Å². The molecule has 0 radical (unpaired) electrons. The Hall–Kier alpha value is -2.90. The molecule has 0 aromatic carbocycles. The number of hydrogen-bond acceptors (Lipinski definition) is 12. The molecular weight excluding hydrogens is 643 g/mol. The number of carbonyl (C=O) groups is 7. The van der Waals surface area contributed by atoms with Crippen molar-refractivity contribution in [2.45, 2.75) is 49.9 Å². The molecule has 0 spiro atoms. The van der Waals surface area contributed by atoms with Crippen molar-refractivity contribution in [3.8, 4) is 0 Å². The average molecular weight is 678 g/mol. The first kappa shape index (κ1) is 39.2. The number of aliphatic hydroxyl groups is 1. The standard InChI is InChI=1S/C10H17N3O6S.C10H17N3O5SSe/c11-5(10(18)19)1-2-7(14)13-6(4-20)9(17)12-3-8(15)16;11-5(10(18)20)1-2-7(14)13-6(4-19)9(17)12-3-8(15)16/h5-6,20H,1-4,11H2,(H,12,17)(H,13,14)(H,15,16)(H,18,19);5-6,19H,1-4,11H2,(H,12,17)(H,13,14)(H,15,16)(H,18,20)/t2*5-,6-/m00/s1. The number of amides is 4. The molecule has 0 rings (SSSR count). The molecule has 228 valence electrons. The number of thiol groups is 2. The molecule has 4 atom stereocenters. The third-order valence-electron chi connectivity index (χ3n) is 4.50. The molecule has 0 heterocycles. The van der Waals surface area contributed by atoms with Crippen LogP contribution < -0.4 is 32.7 Å². The zero-order chi connectivity index (χ0) is 31.4. The van der Waals surface area contributed by atoms with Crippen molar-refractivity contribution in [1.82, 2.24) is 21.3 Å². The summed E-state index contributed by atoms with van der Waals surface area (Å²) in [5.74, 6) is -5.92. The molecule has 0 saturated carbocycles. The van der Waals surface area contributed by atoms with Crippen molar-refractivity contribution < 1.29 is 54.0 Å². The van der Waals surface area contributed by atoms with Gasteiger partial charge in [-0.05, 0) is 6.42 Å². The molecule has 0 aliphatic heterocycles. The zero-order valence-corrected chi connectivity index (χ0v) is 24.6. The molecule has 0 unspecified atom stereocenters. The number of carbonyl (C=O) groups excluding carboxylic acids is 4. The van der Waals surface area contributed by atoms with E-state index in [0.29, 0.717) is 0 Å². The Kier molecular flexibility index (Phi) is 21.5. The first-order valence-corrected chi connectivity index (χ1v) is 13.4. The first-order chi connectivity index (χ1) is 18.5. The minimum atomic E-state index is -1.22. The van der Waals surface area contributed by atoms with E-state index in [4.69, 9.17) is 31.9 Å². The van der Waals surface area contributed by atoms with Crippen molar-refractivity contribution in [3.05, 3.63) is 0 Å². The summed E-state index contributed by atoms with van der Waals surface area (Å²) in [4.78, 5) is 77.2. The number of aliphatic carboxylic acids is 3. The topological polar surface area (TPSA) is 301 Å². The Morgan fingerprint density at radius 3 is 1.30 bits per heavy atom. The van der Waals surface area contributed by atoms with Crippen LogP contribution in [0.4, 0.5) is 0 Å². The summed E-state index contributed by atoms with van der Waals surface area (Å²) in [6.45, 7) is -1.10. The molecule has 4 amide bonds. The molecular formula is C20H34N6O11S2Se. The first-order valence-electron chi connectivity index (χ1n) is 11.3. The zero-order valence-electron chi connectivity index (χ0n) is 21.1. The van der Waals surface area contributed by atoms with E-state index in [1.165, 1.54) is 0 Å². The van der Waals surface area contributed by atoms with Crippen molar-refractivity contribution in [3.63, 3.8) is 0 Å². The van der Waals surface area contributed by atoms with E-state index in [9.17, 15) is 33.6 Å². The van der Waals surface area contributed by atoms with Crippen molar-refractivity contribution in [2.24, 2.45) is 11.5 Å². The molecule has 0 bridgehead atoms. The van der Waals surface area contributed by atoms with Crippen LogP contribution in [0.2, 0.25) is 0 Å². The molecule has 40 heavy (non-hydrogen) atoms. The van der Waals surface area contributed by atoms with Crippen LogP contribution in [0, 0.1) is 0 Å². The summed E-state index contributed by atoms with van der Waals surface area (Å²) in [5.41, 5.74) is 10.7. The molecule has 0 fully saturated rings. The second kappa shape index (κ2) is 21.9. The molecule has 0 aliphatic rings. The van der Waals surface area contributed by atoms with Gasteiger partial charge in [0.1, 0.15) is 18.6 Å². The van der Waals surface area contributed by atoms with Gasteiger partial charge in [0, 0.05) is 12.2 Å². The fourth-order valence-corrected chi connectivity index (χ4v) is 3.07. The molecule has 0 saturated heterocycles. The van der Waals surface area contributed by atoms with E-state index in [2.05, 4.69) is 62.1 Å². The number of rotatable bonds is 18. The number of aliphatic hydroxyl groups excluding tert-OH is 1. The summed E-state index contributed by atoms with van der Waals surface area (Å²) in [5, 5.41) is 43.4. The molecule has 17 nitrogen and oxygen atoms in total. The van der Waals surface area contributed by atoms with Crippen molar-refractivity contribution >= 4 is 87.0 Å². The van der Waals surface area contributed by atoms with Gasteiger partial charge in [0.2, 0.25) is 11.8 Å². The van der Waals surface area contributed by atoms with E-state index < -0.39 is 78.8 Å². The number of nitrogens with two attached hydrogens (primary N) is 2. The predicted octanol–water partition coefficient (Wildman–Crippen LogP) is -4.83. The Balaban J connectivity index is 0. The second-order valence-electron chi connectivity index (χ2n) is 7.80. The van der Waals surface area contributed by atoms with Gasteiger partial charge in [-0.25, -0.2) is 0 Å². The third kappa shape index (κ3) is 20.1. The number of hydrogen-bond donors (Lipinski definition) is 12. The van der Waals surface area contributed by atoms with Gasteiger partial charge < -0.3 is 26.6 Å². The van der Waals surface area contributed by atoms with Crippen molar-refractivity contribution in [1.29, 1.82) is 0 Å². The Morgan fingerprint density at radius 2 is 1.02 bits per heavy atom. The number of carboxylic acids is 3. The van der Waals surface area contributed by atoms with Gasteiger partial charge in [0.25, 0.3) is 0 Å². The maximum absolute atomic E-state index is 11.6. The van der Waals surface area contributed by atoms with Gasteiger partial charge in [0.05, 0.1) is 0 Å². The van der Waals surface area contributed by atoms with Gasteiger partial charge in [-0.15, -0.1) is 0 Å². The van der Waals surface area contributed by atoms with E-state index >= 15 is 0 Å². The van der Waals surface area contributed by atoms with Gasteiger partial charge in [-0.3, -0.25) is 19.2 Å². The summed E-state index contributed by atoms with van der Waals surface area (Å²) < 4.78 is -0.0947. The Bertz CT molecular complexity index is 855. The molecule has 12 N–H and O–H groups in total. The van der Waals surface area contributed by atoms with E-state index in [-0.39, 0.29) is 41.8 Å². The van der Waals surface area contributed by atoms with E-state index in [1.54, 1.807) is 0 Å². The van der Waals surface area contributed by atoms with Crippen LogP contribution in [-0.2, 0) is 33.6 Å². The van der Waals surface area contributed by atoms with Gasteiger partial charge >= 0.3 is 141 Å². The average Bonchev–Trinajstić information content (AvgIpc) is 2.89. The quantitative estimate of drug-likeness (QED) is 0.0479. The number of carboxylic acid groups (broad SMARTS) is 3. The third-order valence-corrected chi connectivity index (χ3v) is 5.86. The monoisotopic (exact) mass is 678 g/mol. The Labute approximate surface area is 247 Å². The van der Waals surface area contributed by atoms with Crippen molar-refractivity contribution in [2.75, 3.05) is 24.6 Å². The summed E-state index contributed by atoms with van der Waals surface area (Å²) >= 11 is 10.1. The fraction of sp³-hybridized carbons (Fsp3) is 0.600. The maximum atomic E-state index is 11.6. The summed E-state index contributed by atoms with van der Waals surface area (Å²) in [6.07, 6.45) is -0.00867. The normalized spacial score (nSPS) is 13.1. The number of nitrogens with one attached hydrogen (secondary N) is 4. The summed E-state index contributed by atoms with van der Waals surface area (Å²) in [6, 6.07) is -3.73. The van der Waals surface area contributed by atoms with Crippen LogP contribution in [0.1, 0.15) is 25.7 Å².